The van der Waals surface area contributed by atoms with Crippen molar-refractivity contribution in [1.29, 1.82) is 0 Å². The molecule has 1 heterocycles. The first-order valence-corrected chi connectivity index (χ1v) is 5.73. The van der Waals surface area contributed by atoms with Gasteiger partial charge in [0.15, 0.2) is 0 Å². The summed E-state index contributed by atoms with van der Waals surface area (Å²) in [5, 5.41) is 0. The molecule has 15 heavy (non-hydrogen) atoms. The monoisotopic (exact) mass is 214 g/mol. The molecular formula is C11H22N2O2. The average molecular weight is 214 g/mol. The molecule has 0 bridgehead atoms. The summed E-state index contributed by atoms with van der Waals surface area (Å²) in [7, 11) is 0. The number of rotatable bonds is 3. The average Bonchev–Trinajstić information content (AvgIpc) is 2.42. The second-order valence-corrected chi connectivity index (χ2v) is 4.42. The Morgan fingerprint density at radius 2 is 2.40 bits per heavy atom. The van der Waals surface area contributed by atoms with Crippen molar-refractivity contribution in [1.82, 2.24) is 4.90 Å². The minimum atomic E-state index is 0.157. The number of carbonyl (C=O) groups is 1. The Balaban J connectivity index is 2.42. The Morgan fingerprint density at radius 1 is 1.67 bits per heavy atom. The van der Waals surface area contributed by atoms with Crippen molar-refractivity contribution in [3.63, 3.8) is 0 Å². The van der Waals surface area contributed by atoms with Gasteiger partial charge in [-0.1, -0.05) is 6.92 Å². The van der Waals surface area contributed by atoms with Gasteiger partial charge >= 0.3 is 0 Å². The normalized spacial score (nSPS) is 24.7. The molecule has 2 atom stereocenters. The molecule has 0 aromatic rings. The van der Waals surface area contributed by atoms with Gasteiger partial charge in [0.1, 0.15) is 0 Å². The molecule has 0 aromatic heterocycles. The highest BCUT2D eigenvalue weighted by atomic mass is 16.5. The number of amides is 1. The number of ether oxygens (including phenoxy) is 1. The van der Waals surface area contributed by atoms with Crippen LogP contribution in [0, 0.1) is 5.92 Å². The second kappa shape index (κ2) is 6.08. The van der Waals surface area contributed by atoms with Gasteiger partial charge in [0, 0.05) is 26.1 Å². The van der Waals surface area contributed by atoms with Crippen molar-refractivity contribution in [3.8, 4) is 0 Å². The van der Waals surface area contributed by atoms with Crippen LogP contribution >= 0.6 is 0 Å². The molecule has 88 valence electrons. The topological polar surface area (TPSA) is 55.6 Å². The first kappa shape index (κ1) is 12.5. The Morgan fingerprint density at radius 3 is 3.07 bits per heavy atom. The van der Waals surface area contributed by atoms with Crippen LogP contribution in [0.2, 0.25) is 0 Å². The van der Waals surface area contributed by atoms with Crippen LogP contribution in [0.3, 0.4) is 0 Å². The van der Waals surface area contributed by atoms with Crippen molar-refractivity contribution in [2.75, 3.05) is 26.2 Å². The van der Waals surface area contributed by atoms with Crippen LogP contribution in [-0.4, -0.2) is 43.2 Å². The highest BCUT2D eigenvalue weighted by Gasteiger charge is 2.20. The summed E-state index contributed by atoms with van der Waals surface area (Å²) in [4.78, 5) is 13.8. The van der Waals surface area contributed by atoms with Crippen LogP contribution in [0.4, 0.5) is 0 Å². The van der Waals surface area contributed by atoms with Crippen LogP contribution in [0.1, 0.15) is 26.7 Å². The maximum atomic E-state index is 11.9. The summed E-state index contributed by atoms with van der Waals surface area (Å²) in [5.74, 6) is 0.488. The lowest BCUT2D eigenvalue weighted by atomic mass is 10.1. The van der Waals surface area contributed by atoms with Crippen molar-refractivity contribution >= 4 is 5.91 Å². The van der Waals surface area contributed by atoms with Crippen LogP contribution in [0.5, 0.6) is 0 Å². The molecule has 2 unspecified atom stereocenters. The van der Waals surface area contributed by atoms with E-state index in [0.29, 0.717) is 13.0 Å². The van der Waals surface area contributed by atoms with Gasteiger partial charge in [-0.3, -0.25) is 4.79 Å². The molecule has 0 aromatic carbocycles. The third-order valence-corrected chi connectivity index (χ3v) is 2.73. The van der Waals surface area contributed by atoms with E-state index in [0.717, 1.165) is 26.1 Å². The van der Waals surface area contributed by atoms with E-state index >= 15 is 0 Å². The molecule has 1 amide bonds. The summed E-state index contributed by atoms with van der Waals surface area (Å²) < 4.78 is 5.50. The van der Waals surface area contributed by atoms with Crippen molar-refractivity contribution in [3.05, 3.63) is 0 Å². The maximum Gasteiger partial charge on any atom is 0.222 e. The van der Waals surface area contributed by atoms with Crippen molar-refractivity contribution in [2.45, 2.75) is 32.8 Å². The molecule has 2 N–H and O–H groups in total. The van der Waals surface area contributed by atoms with E-state index in [1.807, 2.05) is 18.7 Å². The largest absolute Gasteiger partial charge is 0.377 e. The molecule has 1 saturated heterocycles. The first-order valence-electron chi connectivity index (χ1n) is 5.73. The van der Waals surface area contributed by atoms with Crippen LogP contribution in [0.15, 0.2) is 0 Å². The quantitative estimate of drug-likeness (QED) is 0.749. The van der Waals surface area contributed by atoms with E-state index in [9.17, 15) is 4.79 Å². The predicted molar refractivity (Wildman–Crippen MR) is 59.4 cm³/mol. The Hall–Kier alpha value is -0.610. The maximum absolute atomic E-state index is 11.9. The number of hydrogen-bond acceptors (Lipinski definition) is 3. The predicted octanol–water partition coefficient (Wildman–Crippen LogP) is 0.609. The van der Waals surface area contributed by atoms with Gasteiger partial charge in [0.2, 0.25) is 5.91 Å². The SMILES string of the molecule is CC(CN)CC(=O)N1CCCOC(C)C1. The lowest BCUT2D eigenvalue weighted by Gasteiger charge is -2.23. The summed E-state index contributed by atoms with van der Waals surface area (Å²) in [6.07, 6.45) is 1.65. The number of nitrogens with zero attached hydrogens (tertiary/aromatic N) is 1. The smallest absolute Gasteiger partial charge is 0.222 e. The summed E-state index contributed by atoms with van der Waals surface area (Å²) >= 11 is 0. The number of hydrogen-bond donors (Lipinski definition) is 1. The third-order valence-electron chi connectivity index (χ3n) is 2.73. The lowest BCUT2D eigenvalue weighted by Crippen LogP contribution is -2.37. The zero-order valence-corrected chi connectivity index (χ0v) is 9.74. The lowest BCUT2D eigenvalue weighted by molar-refractivity contribution is -0.132. The Bertz CT molecular complexity index is 209. The molecule has 0 radical (unpaired) electrons. The fourth-order valence-electron chi connectivity index (χ4n) is 1.73. The minimum absolute atomic E-state index is 0.157. The number of nitrogens with two attached hydrogens (primary N) is 1. The van der Waals surface area contributed by atoms with E-state index in [2.05, 4.69) is 0 Å². The summed E-state index contributed by atoms with van der Waals surface area (Å²) in [6.45, 7) is 6.90. The van der Waals surface area contributed by atoms with Gasteiger partial charge < -0.3 is 15.4 Å². The van der Waals surface area contributed by atoms with Gasteiger partial charge in [-0.2, -0.15) is 0 Å². The van der Waals surface area contributed by atoms with E-state index < -0.39 is 0 Å². The molecule has 1 aliphatic heterocycles. The minimum Gasteiger partial charge on any atom is -0.377 e. The van der Waals surface area contributed by atoms with Crippen LogP contribution in [-0.2, 0) is 9.53 Å². The van der Waals surface area contributed by atoms with Gasteiger partial charge in [-0.05, 0) is 25.8 Å². The standard InChI is InChI=1S/C11H22N2O2/c1-9(7-12)6-11(14)13-4-3-5-15-10(2)8-13/h9-10H,3-8,12H2,1-2H3. The van der Waals surface area contributed by atoms with Gasteiger partial charge in [0.25, 0.3) is 0 Å². The molecule has 4 nitrogen and oxygen atoms in total. The fourth-order valence-corrected chi connectivity index (χ4v) is 1.73. The molecule has 1 fully saturated rings. The van der Waals surface area contributed by atoms with Gasteiger partial charge in [0.05, 0.1) is 6.10 Å². The van der Waals surface area contributed by atoms with Crippen LogP contribution < -0.4 is 5.73 Å². The Labute approximate surface area is 91.8 Å². The van der Waals surface area contributed by atoms with E-state index in [-0.39, 0.29) is 17.9 Å². The molecule has 0 aliphatic carbocycles. The van der Waals surface area contributed by atoms with E-state index in [1.54, 1.807) is 0 Å². The highest BCUT2D eigenvalue weighted by molar-refractivity contribution is 5.76. The van der Waals surface area contributed by atoms with Crippen LogP contribution in [0.25, 0.3) is 0 Å². The van der Waals surface area contributed by atoms with Crippen molar-refractivity contribution in [2.24, 2.45) is 11.7 Å². The van der Waals surface area contributed by atoms with Gasteiger partial charge in [-0.25, -0.2) is 0 Å². The van der Waals surface area contributed by atoms with Gasteiger partial charge in [-0.15, -0.1) is 0 Å². The molecule has 4 heteroatoms. The van der Waals surface area contributed by atoms with E-state index in [4.69, 9.17) is 10.5 Å². The van der Waals surface area contributed by atoms with E-state index in [1.165, 1.54) is 0 Å². The molecular weight excluding hydrogens is 192 g/mol. The molecule has 0 saturated carbocycles. The first-order chi connectivity index (χ1) is 7.13. The second-order valence-electron chi connectivity index (χ2n) is 4.42. The van der Waals surface area contributed by atoms with Crippen molar-refractivity contribution < 1.29 is 9.53 Å². The zero-order chi connectivity index (χ0) is 11.3. The highest BCUT2D eigenvalue weighted by Crippen LogP contribution is 2.09. The number of carbonyl (C=O) groups excluding carboxylic acids is 1. The summed E-state index contributed by atoms with van der Waals surface area (Å²) in [6, 6.07) is 0. The molecule has 1 aliphatic rings. The summed E-state index contributed by atoms with van der Waals surface area (Å²) in [5.41, 5.74) is 5.51. The third kappa shape index (κ3) is 4.18. The fraction of sp³-hybridized carbons (Fsp3) is 0.909. The Kier molecular flexibility index (Phi) is 5.05. The molecule has 1 rings (SSSR count). The zero-order valence-electron chi connectivity index (χ0n) is 9.74. The molecule has 0 spiro atoms.